The lowest BCUT2D eigenvalue weighted by atomic mass is 10.0. The van der Waals surface area contributed by atoms with E-state index >= 15 is 0 Å². The van der Waals surface area contributed by atoms with Gasteiger partial charge in [-0.05, 0) is 57.8 Å². The molecular formula is C69H133NO5. The summed E-state index contributed by atoms with van der Waals surface area (Å²) in [4.78, 5) is 24.6. The normalized spacial score (nSPS) is 12.6. The lowest BCUT2D eigenvalue weighted by Gasteiger charge is -2.22. The zero-order chi connectivity index (χ0) is 54.3. The number of esters is 1. The molecule has 6 heteroatoms. The van der Waals surface area contributed by atoms with Gasteiger partial charge < -0.3 is 20.3 Å². The standard InChI is InChI=1S/C69H133NO5/c1-3-5-7-9-11-13-15-17-34-39-43-47-51-55-59-63-69(74)75-64-60-56-52-48-44-40-36-33-31-29-27-25-23-21-19-20-22-24-26-28-30-32-35-38-42-46-50-54-58-62-68(73)70-66(65-71)67(72)61-57-53-49-45-41-37-18-16-14-12-10-8-6-4-2/h11,13,17,34,66-67,71-72H,3-10,12,14-16,18-33,35-65H2,1-2H3,(H,70,73)/b13-11-,34-17-/t66-,67+/m0/s1. The summed E-state index contributed by atoms with van der Waals surface area (Å²) in [5.74, 6) is -0.0233. The predicted molar refractivity (Wildman–Crippen MR) is 329 cm³/mol. The maximum atomic E-state index is 12.5. The number of hydrogen-bond acceptors (Lipinski definition) is 5. The number of allylic oxidation sites excluding steroid dienone is 4. The second kappa shape index (κ2) is 64.9. The van der Waals surface area contributed by atoms with Crippen molar-refractivity contribution in [1.29, 1.82) is 0 Å². The molecule has 0 aromatic carbocycles. The van der Waals surface area contributed by atoms with Crippen LogP contribution in [0.1, 0.15) is 380 Å². The van der Waals surface area contributed by atoms with E-state index in [2.05, 4.69) is 43.5 Å². The molecule has 2 atom stereocenters. The predicted octanol–water partition coefficient (Wildman–Crippen LogP) is 21.8. The molecule has 444 valence electrons. The highest BCUT2D eigenvalue weighted by Crippen LogP contribution is 2.19. The number of carbonyl (C=O) groups is 2. The molecule has 0 aliphatic heterocycles. The Morgan fingerprint density at radius 1 is 0.373 bits per heavy atom. The van der Waals surface area contributed by atoms with E-state index in [4.69, 9.17) is 4.74 Å². The molecule has 0 bridgehead atoms. The van der Waals surface area contributed by atoms with Crippen LogP contribution < -0.4 is 5.32 Å². The van der Waals surface area contributed by atoms with Gasteiger partial charge in [0.05, 0.1) is 25.4 Å². The summed E-state index contributed by atoms with van der Waals surface area (Å²) in [6.45, 7) is 4.95. The van der Waals surface area contributed by atoms with Crippen LogP contribution in [0.3, 0.4) is 0 Å². The SMILES string of the molecule is CCCCC/C=C\C/C=C\CCCCCCCC(=O)OCCCCCCCCCCCCCCCCCCCCCCCCCCCCCCCC(=O)N[C@@H](CO)[C@H](O)CCCCCCCCCCCCCCCC. The van der Waals surface area contributed by atoms with Gasteiger partial charge in [0, 0.05) is 12.8 Å². The van der Waals surface area contributed by atoms with E-state index in [1.807, 2.05) is 0 Å². The highest BCUT2D eigenvalue weighted by atomic mass is 16.5. The Hall–Kier alpha value is -1.66. The van der Waals surface area contributed by atoms with Gasteiger partial charge in [-0.2, -0.15) is 0 Å². The summed E-state index contributed by atoms with van der Waals surface area (Å²) in [6.07, 6.45) is 80.8. The van der Waals surface area contributed by atoms with E-state index in [1.54, 1.807) is 0 Å². The summed E-state index contributed by atoms with van der Waals surface area (Å²) in [5.41, 5.74) is 0. The van der Waals surface area contributed by atoms with Crippen LogP contribution in [0.2, 0.25) is 0 Å². The van der Waals surface area contributed by atoms with Crippen molar-refractivity contribution in [2.75, 3.05) is 13.2 Å². The van der Waals surface area contributed by atoms with Crippen LogP contribution in [0.25, 0.3) is 0 Å². The van der Waals surface area contributed by atoms with Crippen molar-refractivity contribution in [3.63, 3.8) is 0 Å². The topological polar surface area (TPSA) is 95.9 Å². The van der Waals surface area contributed by atoms with E-state index in [-0.39, 0.29) is 18.5 Å². The van der Waals surface area contributed by atoms with Crippen molar-refractivity contribution in [3.8, 4) is 0 Å². The van der Waals surface area contributed by atoms with E-state index in [0.29, 0.717) is 25.9 Å². The Bertz CT molecular complexity index is 1170. The quantitative estimate of drug-likeness (QED) is 0.0320. The van der Waals surface area contributed by atoms with Crippen molar-refractivity contribution >= 4 is 11.9 Å². The fraction of sp³-hybridized carbons (Fsp3) is 0.913. The molecule has 0 radical (unpaired) electrons. The molecule has 0 saturated carbocycles. The summed E-state index contributed by atoms with van der Waals surface area (Å²) < 4.78 is 5.49. The average molecular weight is 1060 g/mol. The highest BCUT2D eigenvalue weighted by Gasteiger charge is 2.20. The van der Waals surface area contributed by atoms with Crippen LogP contribution in [-0.2, 0) is 14.3 Å². The van der Waals surface area contributed by atoms with E-state index in [9.17, 15) is 19.8 Å². The number of carbonyl (C=O) groups excluding carboxylic acids is 2. The fourth-order valence-corrected chi connectivity index (χ4v) is 10.8. The Kier molecular flexibility index (Phi) is 63.4. The van der Waals surface area contributed by atoms with Crippen LogP contribution in [-0.4, -0.2) is 47.4 Å². The van der Waals surface area contributed by atoms with Crippen LogP contribution in [0.4, 0.5) is 0 Å². The lowest BCUT2D eigenvalue weighted by molar-refractivity contribution is -0.143. The monoisotopic (exact) mass is 1060 g/mol. The van der Waals surface area contributed by atoms with Gasteiger partial charge >= 0.3 is 5.97 Å². The number of aliphatic hydroxyl groups is 2. The third kappa shape index (κ3) is 61.4. The number of unbranched alkanes of at least 4 members (excludes halogenated alkanes) is 49. The van der Waals surface area contributed by atoms with Crippen molar-refractivity contribution in [3.05, 3.63) is 24.3 Å². The molecule has 0 spiro atoms. The first kappa shape index (κ1) is 73.3. The van der Waals surface area contributed by atoms with Gasteiger partial charge in [-0.25, -0.2) is 0 Å². The van der Waals surface area contributed by atoms with Gasteiger partial charge in [0.2, 0.25) is 5.91 Å². The first-order valence-electron chi connectivity index (χ1n) is 34.1. The number of hydrogen-bond donors (Lipinski definition) is 3. The molecule has 6 nitrogen and oxygen atoms in total. The Morgan fingerprint density at radius 2 is 0.667 bits per heavy atom. The first-order valence-corrected chi connectivity index (χ1v) is 34.1. The maximum absolute atomic E-state index is 12.5. The molecule has 0 aliphatic carbocycles. The molecular weight excluding hydrogens is 923 g/mol. The van der Waals surface area contributed by atoms with Crippen LogP contribution in [0.15, 0.2) is 24.3 Å². The average Bonchev–Trinajstić information content (AvgIpc) is 3.41. The minimum Gasteiger partial charge on any atom is -0.466 e. The van der Waals surface area contributed by atoms with Gasteiger partial charge in [0.1, 0.15) is 0 Å². The molecule has 75 heavy (non-hydrogen) atoms. The summed E-state index contributed by atoms with van der Waals surface area (Å²) in [5, 5.41) is 23.3. The molecule has 3 N–H and O–H groups in total. The maximum Gasteiger partial charge on any atom is 0.305 e. The van der Waals surface area contributed by atoms with Gasteiger partial charge in [-0.15, -0.1) is 0 Å². The van der Waals surface area contributed by atoms with Gasteiger partial charge in [0.15, 0.2) is 0 Å². The zero-order valence-electron chi connectivity index (χ0n) is 50.8. The third-order valence-electron chi connectivity index (χ3n) is 16.0. The molecule has 1 amide bonds. The molecule has 0 unspecified atom stereocenters. The van der Waals surface area contributed by atoms with Crippen molar-refractivity contribution in [2.24, 2.45) is 0 Å². The van der Waals surface area contributed by atoms with E-state index in [1.165, 1.54) is 295 Å². The number of nitrogens with one attached hydrogen (secondary N) is 1. The summed E-state index contributed by atoms with van der Waals surface area (Å²) in [7, 11) is 0. The van der Waals surface area contributed by atoms with Crippen molar-refractivity contribution < 1.29 is 24.5 Å². The van der Waals surface area contributed by atoms with Crippen molar-refractivity contribution in [2.45, 2.75) is 392 Å². The second-order valence-corrected chi connectivity index (χ2v) is 23.5. The minimum absolute atomic E-state index is 0.00592. The Labute approximate surface area is 469 Å². The molecule has 0 aliphatic rings. The fourth-order valence-electron chi connectivity index (χ4n) is 10.8. The second-order valence-electron chi connectivity index (χ2n) is 23.5. The van der Waals surface area contributed by atoms with Crippen LogP contribution in [0.5, 0.6) is 0 Å². The number of ether oxygens (including phenoxy) is 1. The third-order valence-corrected chi connectivity index (χ3v) is 16.0. The van der Waals surface area contributed by atoms with Crippen LogP contribution in [0, 0.1) is 0 Å². The highest BCUT2D eigenvalue weighted by molar-refractivity contribution is 5.76. The Balaban J connectivity index is 3.33. The van der Waals surface area contributed by atoms with Crippen LogP contribution >= 0.6 is 0 Å². The van der Waals surface area contributed by atoms with Gasteiger partial charge in [0.25, 0.3) is 0 Å². The largest absolute Gasteiger partial charge is 0.466 e. The Morgan fingerprint density at radius 3 is 1.04 bits per heavy atom. The summed E-state index contributed by atoms with van der Waals surface area (Å²) >= 11 is 0. The molecule has 0 aromatic heterocycles. The summed E-state index contributed by atoms with van der Waals surface area (Å²) in [6, 6.07) is -0.538. The van der Waals surface area contributed by atoms with Gasteiger partial charge in [-0.3, -0.25) is 9.59 Å². The number of amides is 1. The molecule has 0 rings (SSSR count). The molecule has 0 fully saturated rings. The number of aliphatic hydroxyl groups excluding tert-OH is 2. The molecule has 0 aromatic rings. The smallest absolute Gasteiger partial charge is 0.305 e. The minimum atomic E-state index is -0.661. The molecule has 0 saturated heterocycles. The lowest BCUT2D eigenvalue weighted by Crippen LogP contribution is -2.45. The number of rotatable bonds is 64. The first-order chi connectivity index (χ1) is 37.0. The van der Waals surface area contributed by atoms with E-state index in [0.717, 1.165) is 51.4 Å². The zero-order valence-corrected chi connectivity index (χ0v) is 50.8. The van der Waals surface area contributed by atoms with Crippen molar-refractivity contribution in [1.82, 2.24) is 5.32 Å². The van der Waals surface area contributed by atoms with Gasteiger partial charge in [-0.1, -0.05) is 334 Å². The van der Waals surface area contributed by atoms with E-state index < -0.39 is 12.1 Å². The molecule has 0 heterocycles.